The molecule has 0 fully saturated rings. The molecule has 0 amide bonds. The highest BCUT2D eigenvalue weighted by Gasteiger charge is 2.07. The van der Waals surface area contributed by atoms with Gasteiger partial charge in [0, 0.05) is 30.1 Å². The van der Waals surface area contributed by atoms with E-state index in [0.717, 1.165) is 12.1 Å². The molecule has 0 aliphatic carbocycles. The molecule has 0 aliphatic rings. The summed E-state index contributed by atoms with van der Waals surface area (Å²) in [6, 6.07) is 18.7. The summed E-state index contributed by atoms with van der Waals surface area (Å²) in [5.74, 6) is 0.202. The van der Waals surface area contributed by atoms with Crippen molar-refractivity contribution in [2.24, 2.45) is 0 Å². The first-order chi connectivity index (χ1) is 9.74. The number of Topliss-reactive ketones (excluding diaryl/α,β-unsaturated/α-hetero) is 1. The lowest BCUT2D eigenvalue weighted by atomic mass is 10.1. The van der Waals surface area contributed by atoms with E-state index in [1.165, 1.54) is 16.5 Å². The van der Waals surface area contributed by atoms with Crippen LogP contribution in [0.3, 0.4) is 0 Å². The smallest absolute Gasteiger partial charge is 0.134 e. The normalized spacial score (nSPS) is 10.8. The first-order valence-corrected chi connectivity index (χ1v) is 6.84. The Kier molecular flexibility index (Phi) is 3.38. The quantitative estimate of drug-likeness (QED) is 0.701. The van der Waals surface area contributed by atoms with Crippen LogP contribution in [0.2, 0.25) is 0 Å². The summed E-state index contributed by atoms with van der Waals surface area (Å²) in [6.07, 6.45) is 2.61. The van der Waals surface area contributed by atoms with Gasteiger partial charge in [-0.15, -0.1) is 0 Å². The van der Waals surface area contributed by atoms with Gasteiger partial charge in [0.2, 0.25) is 0 Å². The minimum absolute atomic E-state index is 0.202. The fraction of sp³-hybridized carbons (Fsp3) is 0.167. The van der Waals surface area contributed by atoms with E-state index in [2.05, 4.69) is 47.2 Å². The average Bonchev–Trinajstić information content (AvgIpc) is 2.84. The molecule has 1 aromatic heterocycles. The van der Waals surface area contributed by atoms with Crippen LogP contribution in [0.4, 0.5) is 0 Å². The standard InChI is InChI=1S/C18H17NO/c1-14(20)12-16-8-5-9-18-17(16)10-11-19(18)13-15-6-3-2-4-7-15/h2-11H,12-13H2,1H3. The molecule has 100 valence electrons. The maximum absolute atomic E-state index is 11.3. The summed E-state index contributed by atoms with van der Waals surface area (Å²) in [5, 5.41) is 1.18. The van der Waals surface area contributed by atoms with Crippen LogP contribution < -0.4 is 0 Å². The molecule has 0 N–H and O–H groups in total. The number of benzene rings is 2. The van der Waals surface area contributed by atoms with Crippen molar-refractivity contribution in [3.63, 3.8) is 0 Å². The summed E-state index contributed by atoms with van der Waals surface area (Å²) in [5.41, 5.74) is 3.58. The summed E-state index contributed by atoms with van der Waals surface area (Å²) >= 11 is 0. The minimum atomic E-state index is 0.202. The predicted molar refractivity (Wildman–Crippen MR) is 81.9 cm³/mol. The van der Waals surface area contributed by atoms with Gasteiger partial charge in [0.25, 0.3) is 0 Å². The van der Waals surface area contributed by atoms with Gasteiger partial charge in [0.1, 0.15) is 5.78 Å². The molecule has 2 heteroatoms. The Morgan fingerprint density at radius 3 is 2.55 bits per heavy atom. The third-order valence-electron chi connectivity index (χ3n) is 3.54. The SMILES string of the molecule is CC(=O)Cc1cccc2c1ccn2Cc1ccccc1. The van der Waals surface area contributed by atoms with Crippen molar-refractivity contribution in [1.82, 2.24) is 4.57 Å². The third-order valence-corrected chi connectivity index (χ3v) is 3.54. The molecule has 0 saturated carbocycles. The van der Waals surface area contributed by atoms with Crippen molar-refractivity contribution >= 4 is 16.7 Å². The number of rotatable bonds is 4. The van der Waals surface area contributed by atoms with Crippen molar-refractivity contribution in [1.29, 1.82) is 0 Å². The van der Waals surface area contributed by atoms with Gasteiger partial charge < -0.3 is 4.57 Å². The molecule has 0 aliphatic heterocycles. The molecule has 2 nitrogen and oxygen atoms in total. The highest BCUT2D eigenvalue weighted by Crippen LogP contribution is 2.22. The molecule has 2 aromatic carbocycles. The number of hydrogen-bond acceptors (Lipinski definition) is 1. The molecule has 0 saturated heterocycles. The molecular formula is C18H17NO. The monoisotopic (exact) mass is 263 g/mol. The lowest BCUT2D eigenvalue weighted by molar-refractivity contribution is -0.116. The first-order valence-electron chi connectivity index (χ1n) is 6.84. The second kappa shape index (κ2) is 5.33. The Labute approximate surface area is 118 Å². The van der Waals surface area contributed by atoms with Gasteiger partial charge in [-0.3, -0.25) is 4.79 Å². The van der Waals surface area contributed by atoms with Gasteiger partial charge in [-0.1, -0.05) is 42.5 Å². The summed E-state index contributed by atoms with van der Waals surface area (Å²) < 4.78 is 2.23. The molecule has 0 radical (unpaired) electrons. The van der Waals surface area contributed by atoms with Gasteiger partial charge in [0.15, 0.2) is 0 Å². The fourth-order valence-electron chi connectivity index (χ4n) is 2.63. The Morgan fingerprint density at radius 2 is 1.80 bits per heavy atom. The van der Waals surface area contributed by atoms with E-state index >= 15 is 0 Å². The fourth-order valence-corrected chi connectivity index (χ4v) is 2.63. The molecule has 0 unspecified atom stereocenters. The number of aromatic nitrogens is 1. The van der Waals surface area contributed by atoms with Crippen LogP contribution in [0, 0.1) is 0 Å². The minimum Gasteiger partial charge on any atom is -0.343 e. The van der Waals surface area contributed by atoms with Crippen molar-refractivity contribution in [3.8, 4) is 0 Å². The van der Waals surface area contributed by atoms with Crippen LogP contribution in [-0.4, -0.2) is 10.4 Å². The topological polar surface area (TPSA) is 22.0 Å². The predicted octanol–water partition coefficient (Wildman–Crippen LogP) is 3.82. The van der Waals surface area contributed by atoms with Gasteiger partial charge >= 0.3 is 0 Å². The Morgan fingerprint density at radius 1 is 1.00 bits per heavy atom. The molecule has 3 rings (SSSR count). The molecular weight excluding hydrogens is 246 g/mol. The van der Waals surface area contributed by atoms with Crippen LogP contribution >= 0.6 is 0 Å². The van der Waals surface area contributed by atoms with Crippen molar-refractivity contribution in [3.05, 3.63) is 71.9 Å². The molecule has 20 heavy (non-hydrogen) atoms. The molecule has 0 spiro atoms. The van der Waals surface area contributed by atoms with Crippen LogP contribution in [0.15, 0.2) is 60.8 Å². The molecule has 3 aromatic rings. The van der Waals surface area contributed by atoms with Gasteiger partial charge in [0.05, 0.1) is 0 Å². The highest BCUT2D eigenvalue weighted by molar-refractivity contribution is 5.89. The van der Waals surface area contributed by atoms with Crippen LogP contribution in [-0.2, 0) is 17.8 Å². The zero-order valence-electron chi connectivity index (χ0n) is 11.5. The third kappa shape index (κ3) is 2.50. The number of fused-ring (bicyclic) bond motifs is 1. The van der Waals surface area contributed by atoms with E-state index < -0.39 is 0 Å². The van der Waals surface area contributed by atoms with E-state index in [1.54, 1.807) is 6.92 Å². The average molecular weight is 263 g/mol. The number of carbonyl (C=O) groups excluding carboxylic acids is 1. The maximum Gasteiger partial charge on any atom is 0.134 e. The van der Waals surface area contributed by atoms with E-state index in [0.29, 0.717) is 6.42 Å². The second-order valence-corrected chi connectivity index (χ2v) is 5.16. The van der Waals surface area contributed by atoms with Crippen LogP contribution in [0.25, 0.3) is 10.9 Å². The zero-order chi connectivity index (χ0) is 13.9. The second-order valence-electron chi connectivity index (χ2n) is 5.16. The van der Waals surface area contributed by atoms with E-state index in [9.17, 15) is 4.79 Å². The van der Waals surface area contributed by atoms with Crippen LogP contribution in [0.5, 0.6) is 0 Å². The van der Waals surface area contributed by atoms with Crippen molar-refractivity contribution < 1.29 is 4.79 Å². The summed E-state index contributed by atoms with van der Waals surface area (Å²) in [6.45, 7) is 2.49. The summed E-state index contributed by atoms with van der Waals surface area (Å²) in [7, 11) is 0. The number of ketones is 1. The summed E-state index contributed by atoms with van der Waals surface area (Å²) in [4.78, 5) is 11.3. The van der Waals surface area contributed by atoms with E-state index in [-0.39, 0.29) is 5.78 Å². The van der Waals surface area contributed by atoms with Gasteiger partial charge in [-0.2, -0.15) is 0 Å². The maximum atomic E-state index is 11.3. The Bertz CT molecular complexity index is 740. The number of carbonyl (C=O) groups is 1. The lowest BCUT2D eigenvalue weighted by Gasteiger charge is -2.07. The lowest BCUT2D eigenvalue weighted by Crippen LogP contribution is -1.99. The van der Waals surface area contributed by atoms with E-state index in [4.69, 9.17) is 0 Å². The zero-order valence-corrected chi connectivity index (χ0v) is 11.5. The Balaban J connectivity index is 1.99. The van der Waals surface area contributed by atoms with E-state index in [1.807, 2.05) is 18.2 Å². The largest absolute Gasteiger partial charge is 0.343 e. The van der Waals surface area contributed by atoms with Gasteiger partial charge in [-0.25, -0.2) is 0 Å². The molecule has 0 atom stereocenters. The first kappa shape index (κ1) is 12.7. The Hall–Kier alpha value is -2.35. The van der Waals surface area contributed by atoms with Crippen LogP contribution in [0.1, 0.15) is 18.1 Å². The van der Waals surface area contributed by atoms with Crippen molar-refractivity contribution in [2.45, 2.75) is 19.9 Å². The number of nitrogens with zero attached hydrogens (tertiary/aromatic N) is 1. The molecule has 1 heterocycles. The van der Waals surface area contributed by atoms with Gasteiger partial charge in [-0.05, 0) is 30.2 Å². The van der Waals surface area contributed by atoms with Crippen molar-refractivity contribution in [2.75, 3.05) is 0 Å². The number of hydrogen-bond donors (Lipinski definition) is 0. The highest BCUT2D eigenvalue weighted by atomic mass is 16.1. The molecule has 0 bridgehead atoms.